The topological polar surface area (TPSA) is 15.3 Å². The predicted molar refractivity (Wildman–Crippen MR) is 111 cm³/mol. The van der Waals surface area contributed by atoms with Crippen LogP contribution in [-0.4, -0.2) is 5.11 Å². The van der Waals surface area contributed by atoms with Crippen LogP contribution in [0.25, 0.3) is 0 Å². The molecule has 3 aromatic carbocycles. The maximum atomic E-state index is 5.76. The van der Waals surface area contributed by atoms with E-state index in [0.29, 0.717) is 5.11 Å². The van der Waals surface area contributed by atoms with Crippen LogP contribution in [0.2, 0.25) is 0 Å². The standard InChI is InChI=1S/C22H22N2S/c1-17-13-14-18(2)21(15-17)23-22(25)24(20-11-7-4-8-12-20)16-19-9-5-3-6-10-19/h3-15H,16H2,1-2H3,(H,23,25). The van der Waals surface area contributed by atoms with Crippen LogP contribution in [0.15, 0.2) is 78.9 Å². The van der Waals surface area contributed by atoms with Crippen molar-refractivity contribution in [3.63, 3.8) is 0 Å². The van der Waals surface area contributed by atoms with Crippen LogP contribution in [0.3, 0.4) is 0 Å². The van der Waals surface area contributed by atoms with Gasteiger partial charge in [0.05, 0.1) is 6.54 Å². The van der Waals surface area contributed by atoms with Gasteiger partial charge in [-0.15, -0.1) is 0 Å². The first kappa shape index (κ1) is 17.2. The van der Waals surface area contributed by atoms with Gasteiger partial charge in [-0.05, 0) is 61.0 Å². The van der Waals surface area contributed by atoms with Crippen LogP contribution in [0, 0.1) is 13.8 Å². The minimum Gasteiger partial charge on any atom is -0.332 e. The average Bonchev–Trinajstić information content (AvgIpc) is 2.64. The summed E-state index contributed by atoms with van der Waals surface area (Å²) in [6.45, 7) is 4.91. The van der Waals surface area contributed by atoms with Gasteiger partial charge in [-0.3, -0.25) is 0 Å². The molecule has 0 aliphatic heterocycles. The first-order valence-electron chi connectivity index (χ1n) is 8.38. The lowest BCUT2D eigenvalue weighted by molar-refractivity contribution is 1.01. The van der Waals surface area contributed by atoms with Crippen molar-refractivity contribution < 1.29 is 0 Å². The van der Waals surface area contributed by atoms with E-state index in [2.05, 4.69) is 78.7 Å². The van der Waals surface area contributed by atoms with Gasteiger partial charge in [0.25, 0.3) is 0 Å². The molecular formula is C22H22N2S. The molecule has 126 valence electrons. The van der Waals surface area contributed by atoms with Gasteiger partial charge < -0.3 is 10.2 Å². The molecule has 0 aromatic heterocycles. The Labute approximate surface area is 155 Å². The number of rotatable bonds is 4. The van der Waals surface area contributed by atoms with Crippen molar-refractivity contribution in [2.75, 3.05) is 10.2 Å². The molecule has 0 unspecified atom stereocenters. The molecule has 0 aliphatic rings. The van der Waals surface area contributed by atoms with Gasteiger partial charge in [0.2, 0.25) is 0 Å². The number of para-hydroxylation sites is 1. The largest absolute Gasteiger partial charge is 0.332 e. The molecular weight excluding hydrogens is 324 g/mol. The van der Waals surface area contributed by atoms with Gasteiger partial charge in [0.1, 0.15) is 0 Å². The lowest BCUT2D eigenvalue weighted by atomic mass is 10.1. The highest BCUT2D eigenvalue weighted by Gasteiger charge is 2.13. The normalized spacial score (nSPS) is 10.3. The number of thiocarbonyl (C=S) groups is 1. The van der Waals surface area contributed by atoms with Crippen molar-refractivity contribution in [2.45, 2.75) is 20.4 Å². The number of anilines is 2. The van der Waals surface area contributed by atoms with Crippen LogP contribution >= 0.6 is 12.2 Å². The predicted octanol–water partition coefficient (Wildman–Crippen LogP) is 5.71. The molecule has 0 amide bonds. The van der Waals surface area contributed by atoms with Gasteiger partial charge >= 0.3 is 0 Å². The molecule has 3 heteroatoms. The highest BCUT2D eigenvalue weighted by molar-refractivity contribution is 7.80. The Morgan fingerprint density at radius 2 is 1.52 bits per heavy atom. The smallest absolute Gasteiger partial charge is 0.178 e. The molecule has 0 aliphatic carbocycles. The van der Waals surface area contributed by atoms with Gasteiger partial charge in [-0.2, -0.15) is 0 Å². The molecule has 3 aromatic rings. The summed E-state index contributed by atoms with van der Waals surface area (Å²) < 4.78 is 0. The highest BCUT2D eigenvalue weighted by atomic mass is 32.1. The summed E-state index contributed by atoms with van der Waals surface area (Å²) in [5.74, 6) is 0. The number of hydrogen-bond acceptors (Lipinski definition) is 1. The lowest BCUT2D eigenvalue weighted by Crippen LogP contribution is -2.34. The number of nitrogens with one attached hydrogen (secondary N) is 1. The number of hydrogen-bond donors (Lipinski definition) is 1. The molecule has 25 heavy (non-hydrogen) atoms. The van der Waals surface area contributed by atoms with E-state index in [1.165, 1.54) is 16.7 Å². The van der Waals surface area contributed by atoms with E-state index >= 15 is 0 Å². The van der Waals surface area contributed by atoms with Crippen LogP contribution in [-0.2, 0) is 6.54 Å². The van der Waals surface area contributed by atoms with E-state index in [-0.39, 0.29) is 0 Å². The monoisotopic (exact) mass is 346 g/mol. The Balaban J connectivity index is 1.88. The summed E-state index contributed by atoms with van der Waals surface area (Å²) in [7, 11) is 0. The fourth-order valence-corrected chi connectivity index (χ4v) is 2.99. The fourth-order valence-electron chi connectivity index (χ4n) is 2.71. The van der Waals surface area contributed by atoms with E-state index in [9.17, 15) is 0 Å². The molecule has 2 nitrogen and oxygen atoms in total. The van der Waals surface area contributed by atoms with Crippen LogP contribution in [0.1, 0.15) is 16.7 Å². The van der Waals surface area contributed by atoms with E-state index < -0.39 is 0 Å². The Bertz CT molecular complexity index is 844. The Hall–Kier alpha value is -2.65. The molecule has 1 N–H and O–H groups in total. The van der Waals surface area contributed by atoms with Gasteiger partial charge in [-0.1, -0.05) is 60.7 Å². The lowest BCUT2D eigenvalue weighted by Gasteiger charge is -2.27. The zero-order chi connectivity index (χ0) is 17.6. The van der Waals surface area contributed by atoms with Crippen molar-refractivity contribution in [1.29, 1.82) is 0 Å². The van der Waals surface area contributed by atoms with Gasteiger partial charge in [0, 0.05) is 11.4 Å². The molecule has 0 radical (unpaired) electrons. The molecule has 3 rings (SSSR count). The Kier molecular flexibility index (Phi) is 5.46. The minimum absolute atomic E-state index is 0.698. The van der Waals surface area contributed by atoms with Crippen molar-refractivity contribution in [3.8, 4) is 0 Å². The third-order valence-corrected chi connectivity index (χ3v) is 4.45. The van der Waals surface area contributed by atoms with Crippen molar-refractivity contribution in [1.82, 2.24) is 0 Å². The third kappa shape index (κ3) is 4.46. The highest BCUT2D eigenvalue weighted by Crippen LogP contribution is 2.21. The number of aryl methyl sites for hydroxylation is 2. The van der Waals surface area contributed by atoms with Crippen molar-refractivity contribution >= 4 is 28.7 Å². The summed E-state index contributed by atoms with van der Waals surface area (Å²) in [5, 5.41) is 4.13. The molecule has 0 bridgehead atoms. The Morgan fingerprint density at radius 3 is 2.20 bits per heavy atom. The second kappa shape index (κ2) is 7.95. The Morgan fingerprint density at radius 1 is 0.880 bits per heavy atom. The van der Waals surface area contributed by atoms with Crippen molar-refractivity contribution in [3.05, 3.63) is 95.6 Å². The van der Waals surface area contributed by atoms with Crippen LogP contribution in [0.4, 0.5) is 11.4 Å². The van der Waals surface area contributed by atoms with E-state index in [4.69, 9.17) is 12.2 Å². The fraction of sp³-hybridized carbons (Fsp3) is 0.136. The second-order valence-corrected chi connectivity index (χ2v) is 6.54. The zero-order valence-electron chi connectivity index (χ0n) is 14.6. The van der Waals surface area contributed by atoms with E-state index in [0.717, 1.165) is 17.9 Å². The SMILES string of the molecule is Cc1ccc(C)c(NC(=S)N(Cc2ccccc2)c2ccccc2)c1. The number of benzene rings is 3. The molecule has 0 saturated heterocycles. The molecule has 0 atom stereocenters. The second-order valence-electron chi connectivity index (χ2n) is 6.16. The summed E-state index contributed by atoms with van der Waals surface area (Å²) in [5.41, 5.74) is 5.75. The summed E-state index contributed by atoms with van der Waals surface area (Å²) in [6, 6.07) is 27.0. The molecule has 0 heterocycles. The van der Waals surface area contributed by atoms with Gasteiger partial charge in [0.15, 0.2) is 5.11 Å². The zero-order valence-corrected chi connectivity index (χ0v) is 15.4. The first-order chi connectivity index (χ1) is 12.1. The summed E-state index contributed by atoms with van der Waals surface area (Å²) in [4.78, 5) is 2.13. The quantitative estimate of drug-likeness (QED) is 0.609. The molecule has 0 fully saturated rings. The summed E-state index contributed by atoms with van der Waals surface area (Å²) in [6.07, 6.45) is 0. The van der Waals surface area contributed by atoms with Crippen molar-refractivity contribution in [2.24, 2.45) is 0 Å². The average molecular weight is 346 g/mol. The third-order valence-electron chi connectivity index (χ3n) is 4.13. The van der Waals surface area contributed by atoms with Gasteiger partial charge in [-0.25, -0.2) is 0 Å². The van der Waals surface area contributed by atoms with Crippen LogP contribution in [0.5, 0.6) is 0 Å². The van der Waals surface area contributed by atoms with Crippen LogP contribution < -0.4 is 10.2 Å². The van der Waals surface area contributed by atoms with E-state index in [1.807, 2.05) is 24.3 Å². The maximum Gasteiger partial charge on any atom is 0.178 e. The maximum absolute atomic E-state index is 5.76. The molecule has 0 spiro atoms. The minimum atomic E-state index is 0.698. The first-order valence-corrected chi connectivity index (χ1v) is 8.79. The summed E-state index contributed by atoms with van der Waals surface area (Å²) >= 11 is 5.76. The van der Waals surface area contributed by atoms with E-state index in [1.54, 1.807) is 0 Å². The molecule has 0 saturated carbocycles. The number of nitrogens with zero attached hydrogens (tertiary/aromatic N) is 1.